The number of ether oxygens (including phenoxy) is 1. The van der Waals surface area contributed by atoms with Crippen molar-refractivity contribution in [1.29, 1.82) is 0 Å². The van der Waals surface area contributed by atoms with Gasteiger partial charge in [0.05, 0.1) is 0 Å². The van der Waals surface area contributed by atoms with Crippen molar-refractivity contribution in [2.24, 2.45) is 17.6 Å². The van der Waals surface area contributed by atoms with Gasteiger partial charge in [-0.3, -0.25) is 14.4 Å². The molecule has 0 spiro atoms. The zero-order valence-electron chi connectivity index (χ0n) is 20.5. The highest BCUT2D eigenvalue weighted by atomic mass is 16.5. The summed E-state index contributed by atoms with van der Waals surface area (Å²) >= 11 is 0. The van der Waals surface area contributed by atoms with E-state index >= 15 is 0 Å². The second kappa shape index (κ2) is 13.8. The highest BCUT2D eigenvalue weighted by Gasteiger charge is 2.29. The van der Waals surface area contributed by atoms with Crippen molar-refractivity contribution >= 4 is 17.6 Å². The highest BCUT2D eigenvalue weighted by Crippen LogP contribution is 2.28. The van der Waals surface area contributed by atoms with Gasteiger partial charge in [-0.25, -0.2) is 0 Å². The Balaban J connectivity index is 1.70. The molecule has 0 aromatic heterocycles. The van der Waals surface area contributed by atoms with Crippen LogP contribution in [-0.4, -0.2) is 50.4 Å². The molecule has 7 nitrogen and oxygen atoms in total. The Morgan fingerprint density at radius 3 is 2.40 bits per heavy atom. The van der Waals surface area contributed by atoms with Crippen molar-refractivity contribution in [1.82, 2.24) is 10.6 Å². The van der Waals surface area contributed by atoms with Gasteiger partial charge in [-0.1, -0.05) is 48.5 Å². The summed E-state index contributed by atoms with van der Waals surface area (Å²) in [6.07, 6.45) is 4.44. The molecule has 2 aromatic carbocycles. The smallest absolute Gasteiger partial charge is 0.242 e. The Morgan fingerprint density at radius 2 is 1.71 bits per heavy atom. The first kappa shape index (κ1) is 26.6. The Kier molecular flexibility index (Phi) is 10.4. The lowest BCUT2D eigenvalue weighted by molar-refractivity contribution is -0.131. The van der Waals surface area contributed by atoms with E-state index in [-0.39, 0.29) is 23.5 Å². The topological polar surface area (TPSA) is 111 Å². The number of rotatable bonds is 12. The number of carbonyl (C=O) groups excluding carboxylic acids is 3. The Labute approximate surface area is 207 Å². The van der Waals surface area contributed by atoms with E-state index in [0.717, 1.165) is 31.2 Å². The number of ketones is 1. The lowest BCUT2D eigenvalue weighted by Crippen LogP contribution is -2.50. The normalized spacial score (nSPS) is 18.5. The standard InChI is InChI=1S/C28H37N3O4/c1-35-16-6-15-30-28(34)25(31-27(33)23-13-11-20(19-29)12-14-23)18-21-7-5-10-24(17-21)26(32)22-8-3-2-4-9-22/h2-5,7-10,17,20,23,25H,6,11-16,18-19,29H2,1H3,(H,30,34)(H,31,33)/t20-,23-,25?. The lowest BCUT2D eigenvalue weighted by atomic mass is 9.81. The van der Waals surface area contributed by atoms with Gasteiger partial charge < -0.3 is 21.1 Å². The average Bonchev–Trinajstić information content (AvgIpc) is 2.90. The number of nitrogens with two attached hydrogens (primary N) is 1. The number of hydrogen-bond acceptors (Lipinski definition) is 5. The molecule has 0 heterocycles. The van der Waals surface area contributed by atoms with Gasteiger partial charge in [0.2, 0.25) is 11.8 Å². The Morgan fingerprint density at radius 1 is 1.00 bits per heavy atom. The van der Waals surface area contributed by atoms with Crippen LogP contribution in [0.2, 0.25) is 0 Å². The molecule has 3 rings (SSSR count). The Hall–Kier alpha value is -3.03. The molecule has 1 unspecified atom stereocenters. The van der Waals surface area contributed by atoms with Crippen LogP contribution in [0.5, 0.6) is 0 Å². The van der Waals surface area contributed by atoms with Gasteiger partial charge in [-0.2, -0.15) is 0 Å². The molecule has 4 N–H and O–H groups in total. The maximum atomic E-state index is 13.0. The summed E-state index contributed by atoms with van der Waals surface area (Å²) in [7, 11) is 1.62. The molecule has 7 heteroatoms. The maximum Gasteiger partial charge on any atom is 0.242 e. The largest absolute Gasteiger partial charge is 0.385 e. The average molecular weight is 480 g/mol. The van der Waals surface area contributed by atoms with Gasteiger partial charge in [0.15, 0.2) is 5.78 Å². The summed E-state index contributed by atoms with van der Waals surface area (Å²) in [6, 6.07) is 15.6. The zero-order valence-corrected chi connectivity index (χ0v) is 20.5. The van der Waals surface area contributed by atoms with E-state index in [4.69, 9.17) is 10.5 Å². The molecule has 0 aliphatic heterocycles. The lowest BCUT2D eigenvalue weighted by Gasteiger charge is -2.28. The van der Waals surface area contributed by atoms with Crippen LogP contribution in [0.25, 0.3) is 0 Å². The van der Waals surface area contributed by atoms with E-state index in [1.165, 1.54) is 0 Å². The van der Waals surface area contributed by atoms with Gasteiger partial charge in [0.25, 0.3) is 0 Å². The van der Waals surface area contributed by atoms with E-state index in [2.05, 4.69) is 10.6 Å². The number of amides is 2. The third-order valence-corrected chi connectivity index (χ3v) is 6.67. The van der Waals surface area contributed by atoms with E-state index in [1.807, 2.05) is 30.3 Å². The number of benzene rings is 2. The molecule has 0 bridgehead atoms. The predicted octanol–water partition coefficient (Wildman–Crippen LogP) is 2.86. The number of methoxy groups -OCH3 is 1. The summed E-state index contributed by atoms with van der Waals surface area (Å²) in [5.74, 6) is -0.0240. The minimum atomic E-state index is -0.723. The Bertz CT molecular complexity index is 971. The van der Waals surface area contributed by atoms with Gasteiger partial charge >= 0.3 is 0 Å². The number of nitrogens with one attached hydrogen (secondary N) is 2. The molecule has 2 aromatic rings. The zero-order chi connectivity index (χ0) is 25.0. The molecule has 1 saturated carbocycles. The molecular weight excluding hydrogens is 442 g/mol. The van der Waals surface area contributed by atoms with Crippen LogP contribution < -0.4 is 16.4 Å². The fourth-order valence-electron chi connectivity index (χ4n) is 4.54. The highest BCUT2D eigenvalue weighted by molar-refractivity contribution is 6.09. The monoisotopic (exact) mass is 479 g/mol. The van der Waals surface area contributed by atoms with Crippen LogP contribution in [0.3, 0.4) is 0 Å². The molecule has 2 amide bonds. The van der Waals surface area contributed by atoms with Crippen LogP contribution in [-0.2, 0) is 20.7 Å². The van der Waals surface area contributed by atoms with E-state index in [9.17, 15) is 14.4 Å². The third-order valence-electron chi connectivity index (χ3n) is 6.67. The van der Waals surface area contributed by atoms with Crippen molar-refractivity contribution in [3.8, 4) is 0 Å². The molecule has 188 valence electrons. The second-order valence-corrected chi connectivity index (χ2v) is 9.25. The fraction of sp³-hybridized carbons (Fsp3) is 0.464. The van der Waals surface area contributed by atoms with Crippen molar-refractivity contribution in [2.75, 3.05) is 26.8 Å². The number of carbonyl (C=O) groups is 3. The van der Waals surface area contributed by atoms with Gasteiger partial charge in [0.1, 0.15) is 6.04 Å². The van der Waals surface area contributed by atoms with Crippen LogP contribution in [0.4, 0.5) is 0 Å². The molecule has 35 heavy (non-hydrogen) atoms. The number of hydrogen-bond donors (Lipinski definition) is 3. The van der Waals surface area contributed by atoms with Gasteiger partial charge in [0, 0.05) is 43.7 Å². The van der Waals surface area contributed by atoms with E-state index in [1.54, 1.807) is 31.4 Å². The summed E-state index contributed by atoms with van der Waals surface area (Å²) in [4.78, 5) is 38.9. The first-order chi connectivity index (χ1) is 17.0. The van der Waals surface area contributed by atoms with E-state index in [0.29, 0.717) is 49.6 Å². The van der Waals surface area contributed by atoms with Crippen molar-refractivity contribution in [3.05, 3.63) is 71.3 Å². The molecular formula is C28H37N3O4. The first-order valence-electron chi connectivity index (χ1n) is 12.5. The molecule has 1 aliphatic carbocycles. The minimum Gasteiger partial charge on any atom is -0.385 e. The quantitative estimate of drug-likeness (QED) is 0.320. The van der Waals surface area contributed by atoms with Crippen molar-refractivity contribution in [2.45, 2.75) is 44.6 Å². The van der Waals surface area contributed by atoms with Gasteiger partial charge in [-0.05, 0) is 56.2 Å². The van der Waals surface area contributed by atoms with Crippen molar-refractivity contribution in [3.63, 3.8) is 0 Å². The minimum absolute atomic E-state index is 0.0753. The van der Waals surface area contributed by atoms with Crippen LogP contribution in [0, 0.1) is 11.8 Å². The van der Waals surface area contributed by atoms with Crippen LogP contribution >= 0.6 is 0 Å². The van der Waals surface area contributed by atoms with Crippen LogP contribution in [0.1, 0.15) is 53.6 Å². The van der Waals surface area contributed by atoms with Crippen molar-refractivity contribution < 1.29 is 19.1 Å². The maximum absolute atomic E-state index is 13.0. The fourth-order valence-corrected chi connectivity index (χ4v) is 4.54. The van der Waals surface area contributed by atoms with E-state index < -0.39 is 6.04 Å². The summed E-state index contributed by atoms with van der Waals surface area (Å²) in [5, 5.41) is 5.90. The molecule has 1 aliphatic rings. The first-order valence-corrected chi connectivity index (χ1v) is 12.5. The third kappa shape index (κ3) is 8.01. The predicted molar refractivity (Wildman–Crippen MR) is 136 cm³/mol. The molecule has 0 saturated heterocycles. The second-order valence-electron chi connectivity index (χ2n) is 9.25. The van der Waals surface area contributed by atoms with Gasteiger partial charge in [-0.15, -0.1) is 0 Å². The summed E-state index contributed by atoms with van der Waals surface area (Å²) < 4.78 is 5.05. The van der Waals surface area contributed by atoms with Crippen LogP contribution in [0.15, 0.2) is 54.6 Å². The SMILES string of the molecule is COCCCNC(=O)C(Cc1cccc(C(=O)c2ccccc2)c1)NC(=O)[C@H]1CC[C@H](CN)CC1. The molecule has 0 radical (unpaired) electrons. The molecule has 1 atom stereocenters. The molecule has 1 fully saturated rings. The summed E-state index contributed by atoms with van der Waals surface area (Å²) in [6.45, 7) is 1.66. The summed E-state index contributed by atoms with van der Waals surface area (Å²) in [5.41, 5.74) is 7.76.